The largest absolute Gasteiger partial charge is 0.458 e. The minimum Gasteiger partial charge on any atom is -0.458 e. The van der Waals surface area contributed by atoms with E-state index in [-0.39, 0.29) is 42.0 Å². The molecule has 10 unspecified atom stereocenters. The first-order chi connectivity index (χ1) is 24.4. The first-order valence-electron chi connectivity index (χ1n) is 19.2. The van der Waals surface area contributed by atoms with Crippen LogP contribution in [0.1, 0.15) is 112 Å². The lowest BCUT2D eigenvalue weighted by Gasteiger charge is -2.60. The Morgan fingerprint density at radius 2 is 1.47 bits per heavy atom. The molecule has 3 heterocycles. The summed E-state index contributed by atoms with van der Waals surface area (Å²) in [6, 6.07) is 0. The van der Waals surface area contributed by atoms with Crippen LogP contribution in [0.2, 0.25) is 0 Å². The zero-order valence-corrected chi connectivity index (χ0v) is 32.6. The van der Waals surface area contributed by atoms with Crippen molar-refractivity contribution in [2.75, 3.05) is 40.6 Å². The second kappa shape index (κ2) is 23.4. The fourth-order valence-electron chi connectivity index (χ4n) is 8.88. The van der Waals surface area contributed by atoms with Gasteiger partial charge < -0.3 is 54.7 Å². The average molecular weight is 733 g/mol. The van der Waals surface area contributed by atoms with E-state index in [1.807, 2.05) is 27.7 Å². The lowest BCUT2D eigenvalue weighted by atomic mass is 9.46. The Balaban J connectivity index is 0.000000383. The monoisotopic (exact) mass is 733 g/mol. The van der Waals surface area contributed by atoms with Gasteiger partial charge in [-0.2, -0.15) is 0 Å². The quantitative estimate of drug-likeness (QED) is 0.161. The Morgan fingerprint density at radius 3 is 2.04 bits per heavy atom. The van der Waals surface area contributed by atoms with E-state index < -0.39 is 30.2 Å². The van der Waals surface area contributed by atoms with Crippen molar-refractivity contribution in [3.63, 3.8) is 0 Å². The fourth-order valence-corrected chi connectivity index (χ4v) is 8.88. The number of allylic oxidation sites excluding steroid dienone is 1. The second-order valence-electron chi connectivity index (χ2n) is 14.2. The van der Waals surface area contributed by atoms with Crippen LogP contribution in [0.4, 0.5) is 0 Å². The summed E-state index contributed by atoms with van der Waals surface area (Å²) in [6.07, 6.45) is 12.9. The predicted molar refractivity (Wildman–Crippen MR) is 196 cm³/mol. The second-order valence-corrected chi connectivity index (χ2v) is 14.2. The van der Waals surface area contributed by atoms with Gasteiger partial charge in [0.15, 0.2) is 6.29 Å². The molecule has 3 saturated carbocycles. The van der Waals surface area contributed by atoms with Crippen LogP contribution in [0.5, 0.6) is 0 Å². The van der Waals surface area contributed by atoms with E-state index in [0.29, 0.717) is 38.1 Å². The number of carbonyl (C=O) groups is 1. The number of fused-ring (bicyclic) bond motifs is 5. The van der Waals surface area contributed by atoms with Crippen molar-refractivity contribution >= 4 is 5.97 Å². The highest BCUT2D eigenvalue weighted by atomic mass is 16.7. The van der Waals surface area contributed by atoms with E-state index in [9.17, 15) is 30.3 Å². The summed E-state index contributed by atoms with van der Waals surface area (Å²) in [6.45, 7) is 14.1. The van der Waals surface area contributed by atoms with Gasteiger partial charge in [-0.05, 0) is 86.5 Å². The molecule has 0 aromatic carbocycles. The molecule has 7 rings (SSSR count). The van der Waals surface area contributed by atoms with Crippen molar-refractivity contribution in [2.45, 2.75) is 155 Å². The van der Waals surface area contributed by atoms with Crippen molar-refractivity contribution in [1.82, 2.24) is 0 Å². The van der Waals surface area contributed by atoms with Crippen LogP contribution in [-0.4, -0.2) is 125 Å². The number of carbonyl (C=O) groups excluding carboxylic acids is 1. The Morgan fingerprint density at radius 1 is 0.804 bits per heavy atom. The van der Waals surface area contributed by atoms with Crippen molar-refractivity contribution in [3.05, 3.63) is 23.8 Å². The number of esters is 1. The van der Waals surface area contributed by atoms with Crippen LogP contribution in [0.3, 0.4) is 0 Å². The van der Waals surface area contributed by atoms with Gasteiger partial charge >= 0.3 is 5.97 Å². The zero-order valence-electron chi connectivity index (χ0n) is 32.6. The fraction of sp³-hybridized carbons (Fsp3) is 0.872. The van der Waals surface area contributed by atoms with E-state index in [1.165, 1.54) is 37.3 Å². The normalized spacial score (nSPS) is 40.1. The maximum atomic E-state index is 11.5. The molecule has 0 aromatic heterocycles. The Kier molecular flexibility index (Phi) is 21.8. The first-order valence-corrected chi connectivity index (χ1v) is 19.2. The van der Waals surface area contributed by atoms with E-state index in [0.717, 1.165) is 46.3 Å². The number of hydrogen-bond acceptors (Lipinski definition) is 12. The topological polar surface area (TPSA) is 196 Å². The molecule has 0 bridgehead atoms. The lowest BCUT2D eigenvalue weighted by molar-refractivity contribution is -0.266. The molecule has 0 spiro atoms. The van der Waals surface area contributed by atoms with Crippen molar-refractivity contribution in [2.24, 2.45) is 22.7 Å². The van der Waals surface area contributed by atoms with Gasteiger partial charge in [-0.25, -0.2) is 4.79 Å². The predicted octanol–water partition coefficient (Wildman–Crippen LogP) is 3.80. The minimum absolute atomic E-state index is 0.135. The first kappa shape index (κ1) is 47.6. The number of ether oxygens (including phenoxy) is 4. The highest BCUT2D eigenvalue weighted by molar-refractivity contribution is 5.83. The Labute approximate surface area is 306 Å². The molecule has 5 fully saturated rings. The van der Waals surface area contributed by atoms with E-state index >= 15 is 0 Å². The van der Waals surface area contributed by atoms with Crippen LogP contribution >= 0.6 is 0 Å². The van der Waals surface area contributed by atoms with Gasteiger partial charge in [0, 0.05) is 33.1 Å². The molecule has 4 aliphatic carbocycles. The molecule has 7 aliphatic rings. The summed E-state index contributed by atoms with van der Waals surface area (Å²) in [5.41, 5.74) is 1.45. The van der Waals surface area contributed by atoms with Crippen LogP contribution in [0, 0.1) is 22.7 Å². The van der Waals surface area contributed by atoms with Gasteiger partial charge in [-0.3, -0.25) is 0 Å². The summed E-state index contributed by atoms with van der Waals surface area (Å²) in [5, 5.41) is 63.8. The molecule has 300 valence electrons. The molecule has 2 saturated heterocycles. The van der Waals surface area contributed by atoms with Gasteiger partial charge in [-0.1, -0.05) is 53.2 Å². The zero-order chi connectivity index (χ0) is 38.8. The van der Waals surface area contributed by atoms with Gasteiger partial charge in [0.05, 0.1) is 49.8 Å². The highest BCUT2D eigenvalue weighted by Crippen LogP contribution is 2.66. The third-order valence-electron chi connectivity index (χ3n) is 11.4. The summed E-state index contributed by atoms with van der Waals surface area (Å²) < 4.78 is 20.2. The van der Waals surface area contributed by atoms with Crippen molar-refractivity contribution < 1.29 is 59.5 Å². The summed E-state index contributed by atoms with van der Waals surface area (Å²) >= 11 is 0. The third-order valence-corrected chi connectivity index (χ3v) is 11.4. The molecule has 12 heteroatoms. The van der Waals surface area contributed by atoms with Gasteiger partial charge in [-0.15, -0.1) is 0 Å². The molecule has 11 atom stereocenters. The minimum atomic E-state index is -0.831. The number of aliphatic hydroxyl groups is 7. The Hall–Kier alpha value is -1.45. The third kappa shape index (κ3) is 12.3. The van der Waals surface area contributed by atoms with E-state index in [4.69, 9.17) is 24.4 Å². The average Bonchev–Trinajstić information content (AvgIpc) is 3.75. The summed E-state index contributed by atoms with van der Waals surface area (Å²) in [7, 11) is 2.00. The molecule has 0 radical (unpaired) electrons. The van der Waals surface area contributed by atoms with Crippen molar-refractivity contribution in [1.29, 1.82) is 0 Å². The number of aliphatic hydroxyl groups excluding tert-OH is 6. The molecular formula is C39H72O12. The van der Waals surface area contributed by atoms with Gasteiger partial charge in [0.1, 0.15) is 12.7 Å². The van der Waals surface area contributed by atoms with Crippen LogP contribution < -0.4 is 0 Å². The number of rotatable bonds is 2. The SMILES string of the molecule is CC.CC.CC12CCC(O)CC1=CCC1C2CCC2(C)CCCC12O.CO.CO.O=C1C=CCO1.OC1COCC(O[C@@H]2OCC(O)CC2O)C1. The van der Waals surface area contributed by atoms with Crippen LogP contribution in [0.15, 0.2) is 23.8 Å². The van der Waals surface area contributed by atoms with Crippen molar-refractivity contribution in [3.8, 4) is 0 Å². The summed E-state index contributed by atoms with van der Waals surface area (Å²) in [5.74, 6) is 0.846. The Bertz CT molecular complexity index is 1040. The number of hydrogen-bond donors (Lipinski definition) is 7. The molecule has 0 amide bonds. The van der Waals surface area contributed by atoms with Crippen LogP contribution in [0.25, 0.3) is 0 Å². The van der Waals surface area contributed by atoms with E-state index in [1.54, 1.807) is 6.08 Å². The lowest BCUT2D eigenvalue weighted by Crippen LogP contribution is -2.59. The molecule has 0 aromatic rings. The maximum absolute atomic E-state index is 11.5. The molecule has 51 heavy (non-hydrogen) atoms. The van der Waals surface area contributed by atoms with E-state index in [2.05, 4.69) is 24.7 Å². The van der Waals surface area contributed by atoms with Gasteiger partial charge in [0.25, 0.3) is 0 Å². The van der Waals surface area contributed by atoms with Gasteiger partial charge in [0.2, 0.25) is 0 Å². The molecular weight excluding hydrogens is 660 g/mol. The van der Waals surface area contributed by atoms with Crippen LogP contribution in [-0.2, 0) is 23.7 Å². The molecule has 12 nitrogen and oxygen atoms in total. The number of cyclic esters (lactones) is 1. The maximum Gasteiger partial charge on any atom is 0.330 e. The summed E-state index contributed by atoms with van der Waals surface area (Å²) in [4.78, 5) is 9.93. The smallest absolute Gasteiger partial charge is 0.330 e. The highest BCUT2D eigenvalue weighted by Gasteiger charge is 2.63. The molecule has 7 N–H and O–H groups in total. The molecule has 3 aliphatic heterocycles. The standard InChI is InChI=1S/C19H30O2.C10H18O6.C4H4O2.2C2H6.2CH4O/c1-17-8-3-9-19(17,21)16-5-4-13-12-14(20)6-11-18(13,2)15(16)7-10-17;11-6-1-8(5-14-3-6)16-10-9(13)2-7(12)4-15-10;5-4-2-1-3-6-4;4*1-2/h4,14-16,20-21H,3,5-12H2,1-2H3;6-13H,1-5H2;1-2H,3H2;2*1-2H3;2*2H,1H3/t;6?,7?,8?,9?,10-;;;;;/m.0...../s1.